The lowest BCUT2D eigenvalue weighted by atomic mass is 9.88. The first kappa shape index (κ1) is 23.3. The number of anilines is 1. The highest BCUT2D eigenvalue weighted by molar-refractivity contribution is 7.89. The van der Waals surface area contributed by atoms with Crippen LogP contribution in [0, 0.1) is 0 Å². The van der Waals surface area contributed by atoms with E-state index in [2.05, 4.69) is 11.4 Å². The molecule has 176 valence electrons. The standard InChI is InChI=1S/C24H29N3O5S/c1-3-26(4-2)33(30,31)18-12-13-22-21(14-18)27(24(29)16-32-22)15-23(28)25-20-11-7-9-17-8-5-6-10-19(17)20/h5-6,8,10,12-14,20H,3-4,7,9,11,15-16H2,1-2H3,(H,25,28). The maximum atomic E-state index is 13.0. The van der Waals surface area contributed by atoms with Gasteiger partial charge in [-0.25, -0.2) is 8.42 Å². The van der Waals surface area contributed by atoms with E-state index < -0.39 is 10.0 Å². The van der Waals surface area contributed by atoms with Crippen molar-refractivity contribution >= 4 is 27.5 Å². The van der Waals surface area contributed by atoms with Crippen LogP contribution in [0.3, 0.4) is 0 Å². The van der Waals surface area contributed by atoms with Gasteiger partial charge in [-0.1, -0.05) is 38.1 Å². The summed E-state index contributed by atoms with van der Waals surface area (Å²) in [7, 11) is -3.72. The third-order valence-electron chi connectivity index (χ3n) is 6.22. The quantitative estimate of drug-likeness (QED) is 0.670. The molecule has 0 bridgehead atoms. The predicted octanol–water partition coefficient (Wildman–Crippen LogP) is 2.64. The first-order valence-electron chi connectivity index (χ1n) is 11.3. The van der Waals surface area contributed by atoms with Crippen LogP contribution >= 0.6 is 0 Å². The average molecular weight is 472 g/mol. The minimum atomic E-state index is -3.72. The Hall–Kier alpha value is -2.91. The molecule has 0 spiro atoms. The Labute approximate surface area is 194 Å². The van der Waals surface area contributed by atoms with Gasteiger partial charge in [0.2, 0.25) is 15.9 Å². The average Bonchev–Trinajstić information content (AvgIpc) is 2.81. The smallest absolute Gasteiger partial charge is 0.265 e. The van der Waals surface area contributed by atoms with Gasteiger partial charge in [-0.3, -0.25) is 14.5 Å². The zero-order chi connectivity index (χ0) is 23.6. The number of aryl methyl sites for hydroxylation is 1. The van der Waals surface area contributed by atoms with Crippen molar-refractivity contribution in [2.24, 2.45) is 0 Å². The molecular formula is C24H29N3O5S. The molecule has 0 fully saturated rings. The van der Waals surface area contributed by atoms with E-state index in [9.17, 15) is 18.0 Å². The minimum Gasteiger partial charge on any atom is -0.482 e. The Morgan fingerprint density at radius 3 is 2.70 bits per heavy atom. The van der Waals surface area contributed by atoms with E-state index in [4.69, 9.17) is 4.74 Å². The summed E-state index contributed by atoms with van der Waals surface area (Å²) in [6.45, 7) is 3.80. The van der Waals surface area contributed by atoms with Crippen LogP contribution in [-0.2, 0) is 26.0 Å². The molecule has 2 amide bonds. The van der Waals surface area contributed by atoms with E-state index in [1.54, 1.807) is 19.9 Å². The van der Waals surface area contributed by atoms with Crippen molar-refractivity contribution in [3.8, 4) is 5.75 Å². The van der Waals surface area contributed by atoms with Gasteiger partial charge in [-0.15, -0.1) is 0 Å². The highest BCUT2D eigenvalue weighted by Crippen LogP contribution is 2.35. The first-order valence-corrected chi connectivity index (χ1v) is 12.7. The molecule has 1 aliphatic carbocycles. The summed E-state index contributed by atoms with van der Waals surface area (Å²) in [6, 6.07) is 12.4. The SMILES string of the molecule is CCN(CC)S(=O)(=O)c1ccc2c(c1)N(CC(=O)NC1CCCc3ccccc31)C(=O)CO2. The van der Waals surface area contributed by atoms with Crippen molar-refractivity contribution in [1.82, 2.24) is 9.62 Å². The lowest BCUT2D eigenvalue weighted by molar-refractivity contribution is -0.125. The van der Waals surface area contributed by atoms with Crippen LogP contribution < -0.4 is 15.0 Å². The van der Waals surface area contributed by atoms with Gasteiger partial charge in [-0.05, 0) is 48.6 Å². The van der Waals surface area contributed by atoms with Crippen molar-refractivity contribution < 1.29 is 22.7 Å². The number of nitrogens with one attached hydrogen (secondary N) is 1. The molecule has 1 aliphatic heterocycles. The summed E-state index contributed by atoms with van der Waals surface area (Å²) < 4.78 is 32.8. The van der Waals surface area contributed by atoms with Gasteiger partial charge in [0.25, 0.3) is 5.91 Å². The predicted molar refractivity (Wildman–Crippen MR) is 125 cm³/mol. The van der Waals surface area contributed by atoms with Crippen LogP contribution in [0.1, 0.15) is 43.9 Å². The number of benzene rings is 2. The number of carbonyl (C=O) groups excluding carboxylic acids is 2. The molecule has 9 heteroatoms. The van der Waals surface area contributed by atoms with Crippen LogP contribution in [0.15, 0.2) is 47.4 Å². The molecule has 1 atom stereocenters. The van der Waals surface area contributed by atoms with Crippen LogP contribution in [0.4, 0.5) is 5.69 Å². The largest absolute Gasteiger partial charge is 0.482 e. The highest BCUT2D eigenvalue weighted by Gasteiger charge is 2.31. The molecule has 1 unspecified atom stereocenters. The summed E-state index contributed by atoms with van der Waals surface area (Å²) in [4.78, 5) is 27.0. The zero-order valence-electron chi connectivity index (χ0n) is 18.9. The fraction of sp³-hybridized carbons (Fsp3) is 0.417. The number of sulfonamides is 1. The molecule has 1 N–H and O–H groups in total. The number of rotatable bonds is 7. The van der Waals surface area contributed by atoms with Crippen molar-refractivity contribution in [1.29, 1.82) is 0 Å². The van der Waals surface area contributed by atoms with Gasteiger partial charge in [0.05, 0.1) is 16.6 Å². The summed E-state index contributed by atoms with van der Waals surface area (Å²) in [5.74, 6) is -0.308. The third kappa shape index (κ3) is 4.60. The lowest BCUT2D eigenvalue weighted by Crippen LogP contribution is -2.46. The van der Waals surface area contributed by atoms with E-state index in [-0.39, 0.29) is 35.9 Å². The Kier molecular flexibility index (Phi) is 6.71. The van der Waals surface area contributed by atoms with Gasteiger partial charge >= 0.3 is 0 Å². The Bertz CT molecular complexity index is 1160. The van der Waals surface area contributed by atoms with Gasteiger partial charge in [0, 0.05) is 13.1 Å². The summed E-state index contributed by atoms with van der Waals surface area (Å²) in [6.07, 6.45) is 2.80. The summed E-state index contributed by atoms with van der Waals surface area (Å²) >= 11 is 0. The first-order chi connectivity index (χ1) is 15.8. The number of ether oxygens (including phenoxy) is 1. The van der Waals surface area contributed by atoms with Gasteiger partial charge in [-0.2, -0.15) is 4.31 Å². The summed E-state index contributed by atoms with van der Waals surface area (Å²) in [5, 5.41) is 3.05. The van der Waals surface area contributed by atoms with E-state index in [0.29, 0.717) is 24.5 Å². The van der Waals surface area contributed by atoms with E-state index >= 15 is 0 Å². The van der Waals surface area contributed by atoms with E-state index in [1.165, 1.54) is 26.9 Å². The van der Waals surface area contributed by atoms with Crippen LogP contribution in [0.25, 0.3) is 0 Å². The molecule has 2 aromatic rings. The van der Waals surface area contributed by atoms with Crippen molar-refractivity contribution in [3.63, 3.8) is 0 Å². The Morgan fingerprint density at radius 1 is 1.18 bits per heavy atom. The van der Waals surface area contributed by atoms with E-state index in [1.807, 2.05) is 18.2 Å². The zero-order valence-corrected chi connectivity index (χ0v) is 19.7. The molecule has 8 nitrogen and oxygen atoms in total. The second kappa shape index (κ2) is 9.52. The molecule has 0 radical (unpaired) electrons. The molecule has 0 saturated heterocycles. The third-order valence-corrected chi connectivity index (χ3v) is 8.27. The molecular weight excluding hydrogens is 442 g/mol. The topological polar surface area (TPSA) is 96.0 Å². The monoisotopic (exact) mass is 471 g/mol. The molecule has 4 rings (SSSR count). The van der Waals surface area contributed by atoms with Crippen molar-refractivity contribution in [2.75, 3.05) is 31.1 Å². The maximum Gasteiger partial charge on any atom is 0.265 e. The number of nitrogens with zero attached hydrogens (tertiary/aromatic N) is 2. The molecule has 0 aromatic heterocycles. The molecule has 1 heterocycles. The van der Waals surface area contributed by atoms with Crippen molar-refractivity contribution in [2.45, 2.75) is 44.0 Å². The van der Waals surface area contributed by atoms with Crippen molar-refractivity contribution in [3.05, 3.63) is 53.6 Å². The van der Waals surface area contributed by atoms with E-state index in [0.717, 1.165) is 24.8 Å². The number of hydrogen-bond donors (Lipinski definition) is 1. The normalized spacial score (nSPS) is 17.8. The maximum absolute atomic E-state index is 13.0. The number of carbonyl (C=O) groups is 2. The minimum absolute atomic E-state index is 0.0647. The fourth-order valence-electron chi connectivity index (χ4n) is 4.52. The second-order valence-corrected chi connectivity index (χ2v) is 10.1. The highest BCUT2D eigenvalue weighted by atomic mass is 32.2. The van der Waals surface area contributed by atoms with Crippen LogP contribution in [0.5, 0.6) is 5.75 Å². The molecule has 0 saturated carbocycles. The number of fused-ring (bicyclic) bond motifs is 2. The van der Waals surface area contributed by atoms with Crippen LogP contribution in [-0.4, -0.2) is 50.8 Å². The van der Waals surface area contributed by atoms with Gasteiger partial charge < -0.3 is 10.1 Å². The molecule has 2 aromatic carbocycles. The molecule has 33 heavy (non-hydrogen) atoms. The fourth-order valence-corrected chi connectivity index (χ4v) is 5.99. The Balaban J connectivity index is 1.57. The summed E-state index contributed by atoms with van der Waals surface area (Å²) in [5.41, 5.74) is 2.63. The number of hydrogen-bond acceptors (Lipinski definition) is 5. The Morgan fingerprint density at radius 2 is 1.94 bits per heavy atom. The van der Waals surface area contributed by atoms with Crippen LogP contribution in [0.2, 0.25) is 0 Å². The number of amides is 2. The van der Waals surface area contributed by atoms with Gasteiger partial charge in [0.1, 0.15) is 12.3 Å². The van der Waals surface area contributed by atoms with Gasteiger partial charge in [0.15, 0.2) is 6.61 Å². The second-order valence-electron chi connectivity index (χ2n) is 8.20. The molecule has 2 aliphatic rings. The lowest BCUT2D eigenvalue weighted by Gasteiger charge is -2.31.